The van der Waals surface area contributed by atoms with Gasteiger partial charge in [-0.25, -0.2) is 0 Å². The zero-order chi connectivity index (χ0) is 20.8. The molecule has 1 heterocycles. The van der Waals surface area contributed by atoms with E-state index in [1.54, 1.807) is 18.2 Å². The Morgan fingerprint density at radius 3 is 2.52 bits per heavy atom. The third-order valence-electron chi connectivity index (χ3n) is 4.89. The minimum atomic E-state index is -0.242. The normalized spacial score (nSPS) is 13.9. The molecular weight excluding hydrogens is 368 g/mol. The fourth-order valence-corrected chi connectivity index (χ4v) is 3.43. The molecule has 1 saturated heterocycles. The number of hydrogen-bond acceptors (Lipinski definition) is 4. The lowest BCUT2D eigenvalue weighted by atomic mass is 10.1. The smallest absolute Gasteiger partial charge is 0.255 e. The molecule has 0 aromatic heterocycles. The fraction of sp³-hybridized carbons (Fsp3) is 0.391. The Balaban J connectivity index is 1.81. The van der Waals surface area contributed by atoms with Crippen molar-refractivity contribution in [2.45, 2.75) is 40.0 Å². The van der Waals surface area contributed by atoms with E-state index in [1.165, 1.54) is 0 Å². The molecule has 3 rings (SSSR count). The molecule has 154 valence electrons. The summed E-state index contributed by atoms with van der Waals surface area (Å²) in [6.45, 7) is 7.48. The Labute approximate surface area is 171 Å². The minimum Gasteiger partial charge on any atom is -0.490 e. The molecule has 1 N–H and O–H groups in total. The Morgan fingerprint density at radius 2 is 1.79 bits per heavy atom. The maximum absolute atomic E-state index is 12.8. The second-order valence-electron chi connectivity index (χ2n) is 6.99. The largest absolute Gasteiger partial charge is 0.490 e. The number of nitrogens with one attached hydrogen (secondary N) is 1. The van der Waals surface area contributed by atoms with Gasteiger partial charge in [0.2, 0.25) is 5.91 Å². The predicted molar refractivity (Wildman–Crippen MR) is 114 cm³/mol. The Bertz CT molecular complexity index is 894. The van der Waals surface area contributed by atoms with Crippen molar-refractivity contribution in [3.8, 4) is 11.5 Å². The van der Waals surface area contributed by atoms with E-state index < -0.39 is 0 Å². The van der Waals surface area contributed by atoms with Gasteiger partial charge in [-0.3, -0.25) is 9.59 Å². The molecule has 1 aliphatic rings. The number of aryl methyl sites for hydroxylation is 1. The molecule has 0 bridgehead atoms. The number of piperidine rings is 1. The van der Waals surface area contributed by atoms with Crippen LogP contribution in [0.25, 0.3) is 0 Å². The van der Waals surface area contributed by atoms with Crippen LogP contribution in [0.1, 0.15) is 49.0 Å². The van der Waals surface area contributed by atoms with Crippen LogP contribution < -0.4 is 19.7 Å². The van der Waals surface area contributed by atoms with Gasteiger partial charge < -0.3 is 19.7 Å². The van der Waals surface area contributed by atoms with Crippen LogP contribution in [0.4, 0.5) is 11.4 Å². The van der Waals surface area contributed by atoms with E-state index in [-0.39, 0.29) is 11.8 Å². The van der Waals surface area contributed by atoms with Gasteiger partial charge in [-0.05, 0) is 69.5 Å². The molecule has 2 aromatic rings. The molecule has 0 aliphatic carbocycles. The van der Waals surface area contributed by atoms with E-state index in [9.17, 15) is 9.59 Å². The van der Waals surface area contributed by atoms with Crippen molar-refractivity contribution in [2.24, 2.45) is 0 Å². The quantitative estimate of drug-likeness (QED) is 0.745. The zero-order valence-electron chi connectivity index (χ0n) is 17.3. The van der Waals surface area contributed by atoms with Crippen LogP contribution in [-0.4, -0.2) is 31.6 Å². The van der Waals surface area contributed by atoms with Crippen LogP contribution in [0.15, 0.2) is 36.4 Å². The summed E-state index contributed by atoms with van der Waals surface area (Å²) in [5, 5.41) is 2.93. The second kappa shape index (κ2) is 9.45. The number of nitrogens with zero attached hydrogens (tertiary/aromatic N) is 1. The van der Waals surface area contributed by atoms with E-state index in [4.69, 9.17) is 9.47 Å². The number of hydrogen-bond donors (Lipinski definition) is 1. The molecule has 6 nitrogen and oxygen atoms in total. The predicted octanol–water partition coefficient (Wildman–Crippen LogP) is 4.56. The monoisotopic (exact) mass is 396 g/mol. The number of carbonyl (C=O) groups is 2. The van der Waals surface area contributed by atoms with Crippen molar-refractivity contribution >= 4 is 23.2 Å². The lowest BCUT2D eigenvalue weighted by molar-refractivity contribution is -0.119. The standard InChI is InChI=1S/C23H28N2O4/c1-4-28-20-12-10-17(14-21(20)29-5-2)23(27)24-18-11-9-16(3)19(15-18)25-13-7-6-8-22(25)26/h9-12,14-15H,4-8,13H2,1-3H3,(H,24,27). The van der Waals surface area contributed by atoms with Gasteiger partial charge in [0.15, 0.2) is 11.5 Å². The van der Waals surface area contributed by atoms with Crippen molar-refractivity contribution in [3.05, 3.63) is 47.5 Å². The number of rotatable bonds is 7. The molecule has 0 radical (unpaired) electrons. The lowest BCUT2D eigenvalue weighted by Gasteiger charge is -2.28. The van der Waals surface area contributed by atoms with E-state index in [0.29, 0.717) is 48.9 Å². The first-order chi connectivity index (χ1) is 14.0. The average Bonchev–Trinajstić information content (AvgIpc) is 2.71. The first kappa shape index (κ1) is 20.7. The van der Waals surface area contributed by atoms with Crippen molar-refractivity contribution in [1.82, 2.24) is 0 Å². The first-order valence-electron chi connectivity index (χ1n) is 10.2. The van der Waals surface area contributed by atoms with Gasteiger partial charge in [0.25, 0.3) is 5.91 Å². The minimum absolute atomic E-state index is 0.135. The Hall–Kier alpha value is -3.02. The third kappa shape index (κ3) is 4.88. The molecule has 0 saturated carbocycles. The van der Waals surface area contributed by atoms with E-state index in [2.05, 4.69) is 5.32 Å². The molecule has 0 atom stereocenters. The summed E-state index contributed by atoms with van der Waals surface area (Å²) in [6.07, 6.45) is 2.50. The van der Waals surface area contributed by atoms with Gasteiger partial charge >= 0.3 is 0 Å². The lowest BCUT2D eigenvalue weighted by Crippen LogP contribution is -2.35. The third-order valence-corrected chi connectivity index (χ3v) is 4.89. The summed E-state index contributed by atoms with van der Waals surface area (Å²) in [7, 11) is 0. The van der Waals surface area contributed by atoms with Crippen LogP contribution in [0, 0.1) is 6.92 Å². The van der Waals surface area contributed by atoms with Crippen molar-refractivity contribution in [2.75, 3.05) is 30.0 Å². The van der Waals surface area contributed by atoms with Gasteiger partial charge in [0.05, 0.1) is 13.2 Å². The first-order valence-corrected chi connectivity index (χ1v) is 10.2. The van der Waals surface area contributed by atoms with Crippen LogP contribution >= 0.6 is 0 Å². The number of carbonyl (C=O) groups excluding carboxylic acids is 2. The fourth-order valence-electron chi connectivity index (χ4n) is 3.43. The van der Waals surface area contributed by atoms with Crippen molar-refractivity contribution < 1.29 is 19.1 Å². The molecule has 6 heteroatoms. The van der Waals surface area contributed by atoms with Crippen molar-refractivity contribution in [1.29, 1.82) is 0 Å². The highest BCUT2D eigenvalue weighted by atomic mass is 16.5. The van der Waals surface area contributed by atoms with E-state index in [1.807, 2.05) is 43.9 Å². The molecule has 2 aromatic carbocycles. The van der Waals surface area contributed by atoms with Crippen LogP contribution in [-0.2, 0) is 4.79 Å². The zero-order valence-corrected chi connectivity index (χ0v) is 17.3. The number of ether oxygens (including phenoxy) is 2. The highest BCUT2D eigenvalue weighted by molar-refractivity contribution is 6.05. The highest BCUT2D eigenvalue weighted by Crippen LogP contribution is 2.30. The molecule has 0 unspecified atom stereocenters. The van der Waals surface area contributed by atoms with Crippen LogP contribution in [0.5, 0.6) is 11.5 Å². The van der Waals surface area contributed by atoms with Crippen molar-refractivity contribution in [3.63, 3.8) is 0 Å². The van der Waals surface area contributed by atoms with Gasteiger partial charge in [-0.2, -0.15) is 0 Å². The number of benzene rings is 2. The summed E-state index contributed by atoms with van der Waals surface area (Å²) in [4.78, 5) is 26.9. The SMILES string of the molecule is CCOc1ccc(C(=O)Nc2ccc(C)c(N3CCCCC3=O)c2)cc1OCC. The average molecular weight is 396 g/mol. The summed E-state index contributed by atoms with van der Waals surface area (Å²) in [6, 6.07) is 10.8. The Kier molecular flexibility index (Phi) is 6.75. The molecule has 0 spiro atoms. The maximum atomic E-state index is 12.8. The van der Waals surface area contributed by atoms with Gasteiger partial charge in [0.1, 0.15) is 0 Å². The summed E-state index contributed by atoms with van der Waals surface area (Å²) in [5.74, 6) is 1.06. The highest BCUT2D eigenvalue weighted by Gasteiger charge is 2.21. The summed E-state index contributed by atoms with van der Waals surface area (Å²) in [5.41, 5.74) is 3.00. The van der Waals surface area contributed by atoms with Gasteiger partial charge in [-0.1, -0.05) is 6.07 Å². The van der Waals surface area contributed by atoms with Gasteiger partial charge in [-0.15, -0.1) is 0 Å². The van der Waals surface area contributed by atoms with Gasteiger partial charge in [0, 0.05) is 29.9 Å². The second-order valence-corrected chi connectivity index (χ2v) is 6.99. The summed E-state index contributed by atoms with van der Waals surface area (Å²) >= 11 is 0. The Morgan fingerprint density at radius 1 is 1.03 bits per heavy atom. The van der Waals surface area contributed by atoms with Crippen LogP contribution in [0.3, 0.4) is 0 Å². The number of amides is 2. The van der Waals surface area contributed by atoms with E-state index >= 15 is 0 Å². The number of anilines is 2. The maximum Gasteiger partial charge on any atom is 0.255 e. The molecular formula is C23H28N2O4. The molecule has 1 fully saturated rings. The van der Waals surface area contributed by atoms with Crippen LogP contribution in [0.2, 0.25) is 0 Å². The topological polar surface area (TPSA) is 67.9 Å². The molecule has 2 amide bonds. The molecule has 1 aliphatic heterocycles. The van der Waals surface area contributed by atoms with E-state index in [0.717, 1.165) is 24.1 Å². The summed E-state index contributed by atoms with van der Waals surface area (Å²) < 4.78 is 11.2. The molecule has 29 heavy (non-hydrogen) atoms.